The van der Waals surface area contributed by atoms with Gasteiger partial charge in [0.1, 0.15) is 5.75 Å². The summed E-state index contributed by atoms with van der Waals surface area (Å²) in [6, 6.07) is 11.9. The van der Waals surface area contributed by atoms with Gasteiger partial charge in [0.25, 0.3) is 0 Å². The van der Waals surface area contributed by atoms with Crippen molar-refractivity contribution in [3.63, 3.8) is 0 Å². The molecule has 3 atom stereocenters. The van der Waals surface area contributed by atoms with Crippen LogP contribution in [0.2, 0.25) is 0 Å². The van der Waals surface area contributed by atoms with Crippen molar-refractivity contribution in [2.75, 3.05) is 0 Å². The van der Waals surface area contributed by atoms with Gasteiger partial charge < -0.3 is 19.1 Å². The molecule has 1 aromatic heterocycles. The Morgan fingerprint density at radius 2 is 1.88 bits per heavy atom. The van der Waals surface area contributed by atoms with Crippen LogP contribution < -0.4 is 9.46 Å². The first-order chi connectivity index (χ1) is 15.7. The summed E-state index contributed by atoms with van der Waals surface area (Å²) < 4.78 is 58.9. The minimum atomic E-state index is -4.77. The van der Waals surface area contributed by atoms with Gasteiger partial charge in [-0.05, 0) is 48.4 Å². The summed E-state index contributed by atoms with van der Waals surface area (Å²) >= 11 is 0. The third kappa shape index (κ3) is 5.52. The Morgan fingerprint density at radius 3 is 2.52 bits per heavy atom. The Kier molecular flexibility index (Phi) is 6.39. The predicted molar refractivity (Wildman–Crippen MR) is 117 cm³/mol. The van der Waals surface area contributed by atoms with Gasteiger partial charge in [0.05, 0.1) is 29.1 Å². The molecular formula is C23H20F3N3O3S. The highest BCUT2D eigenvalue weighted by atomic mass is 32.2. The maximum absolute atomic E-state index is 13.1. The molecule has 0 bridgehead atoms. The van der Waals surface area contributed by atoms with Gasteiger partial charge in [-0.2, -0.15) is 0 Å². The lowest BCUT2D eigenvalue weighted by Crippen LogP contribution is -2.26. The number of nitrogens with one attached hydrogen (secondary N) is 1. The van der Waals surface area contributed by atoms with E-state index in [0.717, 1.165) is 5.69 Å². The van der Waals surface area contributed by atoms with Crippen molar-refractivity contribution < 1.29 is 27.2 Å². The zero-order valence-electron chi connectivity index (χ0n) is 17.4. The van der Waals surface area contributed by atoms with E-state index >= 15 is 0 Å². The fourth-order valence-electron chi connectivity index (χ4n) is 3.47. The molecule has 3 aromatic rings. The molecule has 3 unspecified atom stereocenters. The second-order valence-electron chi connectivity index (χ2n) is 7.36. The van der Waals surface area contributed by atoms with Gasteiger partial charge in [-0.1, -0.05) is 36.4 Å². The summed E-state index contributed by atoms with van der Waals surface area (Å²) in [5, 5.41) is 10.5. The van der Waals surface area contributed by atoms with Gasteiger partial charge in [0, 0.05) is 11.9 Å². The number of aryl methyl sites for hydroxylation is 1. The minimum absolute atomic E-state index is 0.324. The number of rotatable bonds is 6. The average molecular weight is 475 g/mol. The van der Waals surface area contributed by atoms with E-state index in [4.69, 9.17) is 0 Å². The fourth-order valence-corrected chi connectivity index (χ4v) is 4.51. The van der Waals surface area contributed by atoms with Crippen molar-refractivity contribution in [3.8, 4) is 16.9 Å². The van der Waals surface area contributed by atoms with Crippen LogP contribution in [-0.2, 0) is 11.0 Å². The normalized spacial score (nSPS) is 19.1. The predicted octanol–water partition coefficient (Wildman–Crippen LogP) is 4.43. The van der Waals surface area contributed by atoms with Crippen LogP contribution in [0.25, 0.3) is 11.1 Å². The van der Waals surface area contributed by atoms with Crippen molar-refractivity contribution in [1.82, 2.24) is 14.3 Å². The topological polar surface area (TPSA) is 76.4 Å². The molecule has 0 fully saturated rings. The Balaban J connectivity index is 1.50. The molecule has 0 spiro atoms. The minimum Gasteiger partial charge on any atom is -0.406 e. The highest BCUT2D eigenvalue weighted by molar-refractivity contribution is 7.83. The molecule has 172 valence electrons. The Hall–Kier alpha value is -3.37. The van der Waals surface area contributed by atoms with Crippen LogP contribution in [0.5, 0.6) is 5.75 Å². The first-order valence-corrected chi connectivity index (χ1v) is 11.1. The SMILES string of the molecule is Cc1cn(C2C=CC(NS(=O)c3ccccc3-c3ccc(OC(F)(F)F)cc3)=CC2O)cn1. The standard InChI is InChI=1S/C23H20F3N3O3S/c1-15-13-29(14-27-15)20-11-8-17(12-21(20)30)28-33(31)22-5-3-2-4-19(22)16-6-9-18(10-7-16)32-23(24,25)26/h2-14,20-21,28,30H,1H3. The number of benzene rings is 2. The summed E-state index contributed by atoms with van der Waals surface area (Å²) in [5.41, 5.74) is 2.49. The number of aliphatic hydroxyl groups excluding tert-OH is 1. The number of alkyl halides is 3. The van der Waals surface area contributed by atoms with Crippen LogP contribution in [0.4, 0.5) is 13.2 Å². The van der Waals surface area contributed by atoms with Crippen molar-refractivity contribution in [3.05, 3.63) is 90.7 Å². The summed E-state index contributed by atoms with van der Waals surface area (Å²) in [7, 11) is -1.69. The second kappa shape index (κ2) is 9.24. The first-order valence-electron chi connectivity index (χ1n) is 9.91. The molecule has 2 aromatic carbocycles. The zero-order chi connectivity index (χ0) is 23.6. The number of allylic oxidation sites excluding steroid dienone is 1. The molecule has 33 heavy (non-hydrogen) atoms. The maximum Gasteiger partial charge on any atom is 0.573 e. The van der Waals surface area contributed by atoms with Crippen LogP contribution in [-0.4, -0.2) is 31.3 Å². The lowest BCUT2D eigenvalue weighted by Gasteiger charge is -2.23. The maximum atomic E-state index is 13.1. The molecule has 0 aliphatic heterocycles. The number of aliphatic hydroxyl groups is 1. The number of nitrogens with zero attached hydrogens (tertiary/aromatic N) is 2. The van der Waals surface area contributed by atoms with E-state index in [9.17, 15) is 22.5 Å². The molecule has 0 amide bonds. The number of halogens is 3. The molecule has 10 heteroatoms. The van der Waals surface area contributed by atoms with Gasteiger partial charge in [-0.25, -0.2) is 9.19 Å². The molecule has 1 aliphatic carbocycles. The fraction of sp³-hybridized carbons (Fsp3) is 0.174. The van der Waals surface area contributed by atoms with Gasteiger partial charge in [0.2, 0.25) is 0 Å². The molecule has 0 saturated carbocycles. The third-order valence-electron chi connectivity index (χ3n) is 4.94. The molecule has 0 radical (unpaired) electrons. The molecule has 4 rings (SSSR count). The number of hydrogen-bond donors (Lipinski definition) is 2. The monoisotopic (exact) mass is 475 g/mol. The first kappa shape index (κ1) is 22.8. The lowest BCUT2D eigenvalue weighted by molar-refractivity contribution is -0.274. The molecule has 6 nitrogen and oxygen atoms in total. The van der Waals surface area contributed by atoms with E-state index in [1.807, 2.05) is 13.1 Å². The van der Waals surface area contributed by atoms with E-state index in [1.165, 1.54) is 24.3 Å². The van der Waals surface area contributed by atoms with Crippen LogP contribution in [0.15, 0.2) is 89.9 Å². The van der Waals surface area contributed by atoms with Crippen LogP contribution in [0, 0.1) is 6.92 Å². The van der Waals surface area contributed by atoms with Gasteiger partial charge in [-0.15, -0.1) is 13.2 Å². The number of hydrogen-bond acceptors (Lipinski definition) is 4. The summed E-state index contributed by atoms with van der Waals surface area (Å²) in [6.45, 7) is 1.86. The van der Waals surface area contributed by atoms with Crippen molar-refractivity contribution in [2.24, 2.45) is 0 Å². The Bertz CT molecular complexity index is 1220. The molecular weight excluding hydrogens is 455 g/mol. The van der Waals surface area contributed by atoms with E-state index in [-0.39, 0.29) is 11.8 Å². The van der Waals surface area contributed by atoms with E-state index in [0.29, 0.717) is 21.7 Å². The number of aromatic nitrogens is 2. The third-order valence-corrected chi connectivity index (χ3v) is 6.12. The van der Waals surface area contributed by atoms with Crippen LogP contribution in [0.3, 0.4) is 0 Å². The van der Waals surface area contributed by atoms with E-state index < -0.39 is 23.5 Å². The summed E-state index contributed by atoms with van der Waals surface area (Å²) in [4.78, 5) is 4.61. The van der Waals surface area contributed by atoms with Crippen molar-refractivity contribution in [2.45, 2.75) is 30.3 Å². The largest absolute Gasteiger partial charge is 0.573 e. The highest BCUT2D eigenvalue weighted by Gasteiger charge is 2.31. The van der Waals surface area contributed by atoms with Gasteiger partial charge in [0.15, 0.2) is 11.0 Å². The average Bonchev–Trinajstić information content (AvgIpc) is 3.19. The molecule has 1 heterocycles. The Morgan fingerprint density at radius 1 is 1.15 bits per heavy atom. The number of ether oxygens (including phenoxy) is 1. The quantitative estimate of drug-likeness (QED) is 0.553. The smallest absolute Gasteiger partial charge is 0.406 e. The zero-order valence-corrected chi connectivity index (χ0v) is 18.2. The van der Waals surface area contributed by atoms with Crippen molar-refractivity contribution >= 4 is 11.0 Å². The van der Waals surface area contributed by atoms with Crippen LogP contribution >= 0.6 is 0 Å². The molecule has 1 aliphatic rings. The molecule has 0 saturated heterocycles. The molecule has 2 N–H and O–H groups in total. The lowest BCUT2D eigenvalue weighted by atomic mass is 10.0. The highest BCUT2D eigenvalue weighted by Crippen LogP contribution is 2.30. The number of imidazole rings is 1. The second-order valence-corrected chi connectivity index (χ2v) is 8.55. The van der Waals surface area contributed by atoms with Crippen LogP contribution in [0.1, 0.15) is 11.7 Å². The summed E-state index contributed by atoms with van der Waals surface area (Å²) in [6.07, 6.45) is 2.94. The summed E-state index contributed by atoms with van der Waals surface area (Å²) in [5.74, 6) is -0.336. The van der Waals surface area contributed by atoms with Gasteiger partial charge >= 0.3 is 6.36 Å². The van der Waals surface area contributed by atoms with Gasteiger partial charge in [-0.3, -0.25) is 0 Å². The van der Waals surface area contributed by atoms with E-state index in [1.54, 1.807) is 53.4 Å². The van der Waals surface area contributed by atoms with Crippen molar-refractivity contribution in [1.29, 1.82) is 0 Å². The Labute approximate surface area is 190 Å². The van der Waals surface area contributed by atoms with E-state index in [2.05, 4.69) is 14.4 Å².